The summed E-state index contributed by atoms with van der Waals surface area (Å²) < 4.78 is 19.5. The Morgan fingerprint density at radius 1 is 0.829 bits per heavy atom. The lowest BCUT2D eigenvalue weighted by atomic mass is 9.79. The highest BCUT2D eigenvalue weighted by atomic mass is 28.2. The van der Waals surface area contributed by atoms with Gasteiger partial charge in [0.2, 0.25) is 0 Å². The molecule has 1 unspecified atom stereocenters. The lowest BCUT2D eigenvalue weighted by Crippen LogP contribution is -2.39. The maximum atomic E-state index is 10.0. The summed E-state index contributed by atoms with van der Waals surface area (Å²) in [4.78, 5) is 0. The zero-order valence-electron chi connectivity index (χ0n) is 28.5. The van der Waals surface area contributed by atoms with Crippen LogP contribution in [-0.4, -0.2) is 26.1 Å². The lowest BCUT2D eigenvalue weighted by Gasteiger charge is -2.39. The number of hydrogen-bond donors (Lipinski definition) is 1. The quantitative estimate of drug-likeness (QED) is 0.225. The molecule has 4 nitrogen and oxygen atoms in total. The molecule has 2 aromatic rings. The molecule has 0 aliphatic carbocycles. The van der Waals surface area contributed by atoms with Crippen LogP contribution in [0.25, 0.3) is 0 Å². The van der Waals surface area contributed by atoms with E-state index in [1.54, 1.807) is 0 Å². The molecular formula is C36H60O4Si. The van der Waals surface area contributed by atoms with Gasteiger partial charge in [-0.3, -0.25) is 0 Å². The van der Waals surface area contributed by atoms with Crippen LogP contribution in [-0.2, 0) is 28.0 Å². The molecule has 232 valence electrons. The summed E-state index contributed by atoms with van der Waals surface area (Å²) in [5.74, 6) is 1.29. The van der Waals surface area contributed by atoms with E-state index in [9.17, 15) is 5.11 Å². The minimum atomic E-state index is -0.756. The van der Waals surface area contributed by atoms with E-state index in [-0.39, 0.29) is 16.1 Å². The maximum absolute atomic E-state index is 10.0. The Labute approximate surface area is 254 Å². The predicted octanol–water partition coefficient (Wildman–Crippen LogP) is 9.21. The van der Waals surface area contributed by atoms with Crippen molar-refractivity contribution in [1.29, 1.82) is 0 Å². The monoisotopic (exact) mass is 584 g/mol. The first kappa shape index (κ1) is 35.5. The van der Waals surface area contributed by atoms with E-state index in [0.29, 0.717) is 19.1 Å². The molecule has 0 heterocycles. The molecule has 5 heteroatoms. The van der Waals surface area contributed by atoms with Crippen molar-refractivity contribution in [1.82, 2.24) is 0 Å². The molecular weight excluding hydrogens is 524 g/mol. The molecule has 0 saturated carbocycles. The highest BCUT2D eigenvalue weighted by molar-refractivity contribution is 6.31. The minimum Gasteiger partial charge on any atom is -0.489 e. The van der Waals surface area contributed by atoms with Crippen molar-refractivity contribution in [3.63, 3.8) is 0 Å². The number of rotatable bonds is 14. The Hall–Kier alpha value is -1.66. The van der Waals surface area contributed by atoms with Gasteiger partial charge in [0.25, 0.3) is 0 Å². The second-order valence-electron chi connectivity index (χ2n) is 15.9. The first-order valence-corrected chi connectivity index (χ1v) is 16.7. The van der Waals surface area contributed by atoms with E-state index in [0.717, 1.165) is 30.6 Å². The normalized spacial score (nSPS) is 14.6. The van der Waals surface area contributed by atoms with Crippen molar-refractivity contribution in [3.8, 4) is 5.75 Å². The molecule has 0 aliphatic heterocycles. The van der Waals surface area contributed by atoms with Crippen molar-refractivity contribution in [3.05, 3.63) is 64.7 Å². The standard InChI is InChI=1S/C36H60O4Si/c1-26(16-15-21-34(8,9)37)28-17-14-18-30(23-28)38-24-27-19-20-29(25-39-36(12,13)32(2,3)4)31(22-27)35(10,11)40-41-33(5,6)7/h14,17-20,22-23,26,37H,15-16,21,24-25,41H2,1-13H3. The van der Waals surface area contributed by atoms with Gasteiger partial charge in [0.15, 0.2) is 9.76 Å². The summed E-state index contributed by atoms with van der Waals surface area (Å²) in [7, 11) is -0.756. The molecule has 0 radical (unpaired) electrons. The third-order valence-electron chi connectivity index (χ3n) is 8.34. The lowest BCUT2D eigenvalue weighted by molar-refractivity contribution is -0.100. The van der Waals surface area contributed by atoms with E-state index in [1.807, 2.05) is 19.9 Å². The average Bonchev–Trinajstić information content (AvgIpc) is 2.83. The third kappa shape index (κ3) is 11.9. The van der Waals surface area contributed by atoms with Gasteiger partial charge in [0.05, 0.1) is 23.4 Å². The third-order valence-corrected chi connectivity index (χ3v) is 10.1. The van der Waals surface area contributed by atoms with Gasteiger partial charge in [-0.05, 0) is 111 Å². The van der Waals surface area contributed by atoms with Crippen molar-refractivity contribution >= 4 is 9.76 Å². The average molecular weight is 585 g/mol. The zero-order valence-corrected chi connectivity index (χ0v) is 29.9. The smallest absolute Gasteiger partial charge is 0.168 e. The summed E-state index contributed by atoms with van der Waals surface area (Å²) in [6.07, 6.45) is 2.85. The van der Waals surface area contributed by atoms with Crippen molar-refractivity contribution in [2.45, 2.75) is 150 Å². The molecule has 2 aromatic carbocycles. The molecule has 0 aliphatic rings. The number of benzene rings is 2. The van der Waals surface area contributed by atoms with Crippen LogP contribution in [0.3, 0.4) is 0 Å². The molecule has 0 fully saturated rings. The fourth-order valence-electron chi connectivity index (χ4n) is 4.43. The van der Waals surface area contributed by atoms with E-state index in [1.165, 1.54) is 16.7 Å². The van der Waals surface area contributed by atoms with Crippen LogP contribution in [0.1, 0.15) is 137 Å². The molecule has 1 atom stereocenters. The molecule has 1 N–H and O–H groups in total. The second-order valence-corrected chi connectivity index (χ2v) is 18.6. The largest absolute Gasteiger partial charge is 0.489 e. The van der Waals surface area contributed by atoms with E-state index < -0.39 is 21.0 Å². The van der Waals surface area contributed by atoms with Crippen molar-refractivity contribution < 1.29 is 19.0 Å². The van der Waals surface area contributed by atoms with Crippen molar-refractivity contribution in [2.75, 3.05) is 0 Å². The number of hydrogen-bond acceptors (Lipinski definition) is 4. The van der Waals surface area contributed by atoms with Crippen LogP contribution < -0.4 is 4.74 Å². The highest BCUT2D eigenvalue weighted by Crippen LogP contribution is 2.37. The molecule has 0 spiro atoms. The molecule has 0 bridgehead atoms. The Balaban J connectivity index is 2.23. The van der Waals surface area contributed by atoms with Gasteiger partial charge in [-0.1, -0.05) is 79.2 Å². The van der Waals surface area contributed by atoms with Gasteiger partial charge in [-0.25, -0.2) is 0 Å². The van der Waals surface area contributed by atoms with Crippen LogP contribution >= 0.6 is 0 Å². The SMILES string of the molecule is CC(CCCC(C)(C)O)c1cccc(OCc2ccc(COC(C)(C)C(C)(C)C)c(C(C)(C)O[SiH2]C(C)(C)C)c2)c1. The Morgan fingerprint density at radius 2 is 1.49 bits per heavy atom. The van der Waals surface area contributed by atoms with Crippen LogP contribution in [0.2, 0.25) is 5.04 Å². The summed E-state index contributed by atoms with van der Waals surface area (Å²) in [6.45, 7) is 29.2. The molecule has 0 aromatic heterocycles. The fourth-order valence-corrected chi connectivity index (χ4v) is 5.38. The highest BCUT2D eigenvalue weighted by Gasteiger charge is 2.34. The molecule has 41 heavy (non-hydrogen) atoms. The fraction of sp³-hybridized carbons (Fsp3) is 0.667. The zero-order chi connectivity index (χ0) is 31.3. The first-order valence-electron chi connectivity index (χ1n) is 15.4. The molecule has 0 saturated heterocycles. The second kappa shape index (κ2) is 13.8. The Morgan fingerprint density at radius 3 is 2.07 bits per heavy atom. The van der Waals surface area contributed by atoms with Gasteiger partial charge in [-0.2, -0.15) is 0 Å². The van der Waals surface area contributed by atoms with Gasteiger partial charge < -0.3 is 19.0 Å². The number of aliphatic hydroxyl groups is 1. The Kier molecular flexibility index (Phi) is 11.9. The van der Waals surface area contributed by atoms with Gasteiger partial charge in [0.1, 0.15) is 12.4 Å². The van der Waals surface area contributed by atoms with Gasteiger partial charge in [0, 0.05) is 0 Å². The van der Waals surface area contributed by atoms with Crippen molar-refractivity contribution in [2.24, 2.45) is 5.41 Å². The maximum Gasteiger partial charge on any atom is 0.168 e. The summed E-state index contributed by atoms with van der Waals surface area (Å²) in [5, 5.41) is 10.2. The summed E-state index contributed by atoms with van der Waals surface area (Å²) >= 11 is 0. The number of ether oxygens (including phenoxy) is 2. The van der Waals surface area contributed by atoms with Gasteiger partial charge >= 0.3 is 0 Å². The first-order chi connectivity index (χ1) is 18.6. The minimum absolute atomic E-state index is 0.0214. The summed E-state index contributed by atoms with van der Waals surface area (Å²) in [6, 6.07) is 15.1. The topological polar surface area (TPSA) is 47.9 Å². The van der Waals surface area contributed by atoms with Gasteiger partial charge in [-0.15, -0.1) is 0 Å². The van der Waals surface area contributed by atoms with Crippen LogP contribution in [0.15, 0.2) is 42.5 Å². The molecule has 0 amide bonds. The van der Waals surface area contributed by atoms with Crippen LogP contribution in [0, 0.1) is 5.41 Å². The predicted molar refractivity (Wildman–Crippen MR) is 176 cm³/mol. The Bertz CT molecular complexity index is 1100. The van der Waals surface area contributed by atoms with Crippen LogP contribution in [0.5, 0.6) is 5.75 Å². The summed E-state index contributed by atoms with van der Waals surface area (Å²) in [5.41, 5.74) is 3.46. The molecule has 2 rings (SSSR count). The van der Waals surface area contributed by atoms with E-state index >= 15 is 0 Å². The van der Waals surface area contributed by atoms with Crippen LogP contribution in [0.4, 0.5) is 0 Å². The van der Waals surface area contributed by atoms with E-state index in [2.05, 4.69) is 113 Å². The van der Waals surface area contributed by atoms with E-state index in [4.69, 9.17) is 13.9 Å².